The molecule has 1 N–H and O–H groups in total. The van der Waals surface area contributed by atoms with Gasteiger partial charge in [0.1, 0.15) is 12.2 Å². The minimum atomic E-state index is -0.571. The van der Waals surface area contributed by atoms with Gasteiger partial charge in [-0.1, -0.05) is 6.07 Å². The molecule has 0 amide bonds. The number of esters is 1. The van der Waals surface area contributed by atoms with Crippen LogP contribution in [0.15, 0.2) is 35.8 Å². The van der Waals surface area contributed by atoms with E-state index in [9.17, 15) is 14.0 Å². The minimum absolute atomic E-state index is 0.293. The normalized spacial score (nSPS) is 10.8. The van der Waals surface area contributed by atoms with E-state index in [1.54, 1.807) is 29.8 Å². The molecule has 2 aromatic heterocycles. The first kappa shape index (κ1) is 14.5. The maximum atomic E-state index is 14.0. The Balaban J connectivity index is 1.96. The molecule has 0 bridgehead atoms. The van der Waals surface area contributed by atoms with Gasteiger partial charge in [-0.25, -0.2) is 4.39 Å². The molecule has 0 aliphatic heterocycles. The van der Waals surface area contributed by atoms with Crippen molar-refractivity contribution >= 4 is 34.0 Å². The minimum Gasteiger partial charge on any atom is -0.469 e. The molecule has 3 rings (SSSR count). The van der Waals surface area contributed by atoms with Crippen LogP contribution < -0.4 is 0 Å². The number of ketones is 1. The van der Waals surface area contributed by atoms with Crippen molar-refractivity contribution in [1.29, 1.82) is 0 Å². The number of ether oxygens (including phenoxy) is 1. The van der Waals surface area contributed by atoms with Crippen molar-refractivity contribution in [2.24, 2.45) is 0 Å². The van der Waals surface area contributed by atoms with E-state index in [1.165, 1.54) is 24.5 Å². The molecule has 0 atom stereocenters. The zero-order chi connectivity index (χ0) is 15.7. The zero-order valence-electron chi connectivity index (χ0n) is 11.7. The largest absolute Gasteiger partial charge is 0.469 e. The standard InChI is InChI=1S/C16H12FNO3S/c1-21-15(20)6-13(19)14-5-9(8-22-14)10-7-18-12-4-2-3-11(17)16(10)12/h2-5,7-8,18H,6H2,1H3. The number of aromatic nitrogens is 1. The van der Waals surface area contributed by atoms with Gasteiger partial charge in [-0.05, 0) is 29.1 Å². The van der Waals surface area contributed by atoms with Crippen LogP contribution in [-0.2, 0) is 9.53 Å². The van der Waals surface area contributed by atoms with Gasteiger partial charge in [-0.3, -0.25) is 9.59 Å². The predicted octanol–water partition coefficient (Wildman–Crippen LogP) is 3.78. The Morgan fingerprint density at radius 2 is 2.18 bits per heavy atom. The highest BCUT2D eigenvalue weighted by Crippen LogP contribution is 2.33. The molecule has 3 aromatic rings. The summed E-state index contributed by atoms with van der Waals surface area (Å²) in [5, 5.41) is 2.27. The highest BCUT2D eigenvalue weighted by molar-refractivity contribution is 7.12. The van der Waals surface area contributed by atoms with Crippen molar-refractivity contribution in [2.45, 2.75) is 6.42 Å². The number of hydrogen-bond donors (Lipinski definition) is 1. The first-order valence-electron chi connectivity index (χ1n) is 6.54. The maximum Gasteiger partial charge on any atom is 0.313 e. The van der Waals surface area contributed by atoms with Gasteiger partial charge in [0.15, 0.2) is 5.78 Å². The number of Topliss-reactive ketones (excluding diaryl/α,β-unsaturated/α-hetero) is 1. The summed E-state index contributed by atoms with van der Waals surface area (Å²) < 4.78 is 18.5. The van der Waals surface area contributed by atoms with Gasteiger partial charge in [-0.15, -0.1) is 11.3 Å². The second kappa shape index (κ2) is 5.73. The zero-order valence-corrected chi connectivity index (χ0v) is 12.5. The van der Waals surface area contributed by atoms with Gasteiger partial charge in [-0.2, -0.15) is 0 Å². The smallest absolute Gasteiger partial charge is 0.313 e. The van der Waals surface area contributed by atoms with E-state index in [2.05, 4.69) is 9.72 Å². The highest BCUT2D eigenvalue weighted by Gasteiger charge is 2.17. The molecule has 0 aliphatic rings. The van der Waals surface area contributed by atoms with Crippen LogP contribution in [0.1, 0.15) is 16.1 Å². The third kappa shape index (κ3) is 2.53. The summed E-state index contributed by atoms with van der Waals surface area (Å²) in [7, 11) is 1.24. The highest BCUT2D eigenvalue weighted by atomic mass is 32.1. The molecule has 0 radical (unpaired) electrons. The van der Waals surface area contributed by atoms with E-state index >= 15 is 0 Å². The molecule has 112 valence electrons. The summed E-state index contributed by atoms with van der Waals surface area (Å²) >= 11 is 1.23. The number of carbonyl (C=O) groups excluding carboxylic acids is 2. The van der Waals surface area contributed by atoms with Crippen LogP contribution in [-0.4, -0.2) is 23.8 Å². The molecule has 0 spiro atoms. The number of carbonyl (C=O) groups is 2. The van der Waals surface area contributed by atoms with Crippen molar-refractivity contribution < 1.29 is 18.7 Å². The second-order valence-corrected chi connectivity index (χ2v) is 5.65. The van der Waals surface area contributed by atoms with Crippen molar-refractivity contribution in [3.05, 3.63) is 46.5 Å². The van der Waals surface area contributed by atoms with E-state index < -0.39 is 5.97 Å². The van der Waals surface area contributed by atoms with Crippen LogP contribution in [0, 0.1) is 5.82 Å². The average Bonchev–Trinajstić information content (AvgIpc) is 3.13. The Hall–Kier alpha value is -2.47. The van der Waals surface area contributed by atoms with E-state index in [-0.39, 0.29) is 18.0 Å². The molecule has 1 aromatic carbocycles. The lowest BCUT2D eigenvalue weighted by Crippen LogP contribution is -2.08. The van der Waals surface area contributed by atoms with Crippen LogP contribution in [0.5, 0.6) is 0 Å². The van der Waals surface area contributed by atoms with Gasteiger partial charge >= 0.3 is 5.97 Å². The Morgan fingerprint density at radius 1 is 1.36 bits per heavy atom. The third-order valence-corrected chi connectivity index (χ3v) is 4.34. The Bertz CT molecular complexity index is 865. The van der Waals surface area contributed by atoms with Crippen molar-refractivity contribution in [1.82, 2.24) is 4.98 Å². The molecule has 6 heteroatoms. The summed E-state index contributed by atoms with van der Waals surface area (Å²) in [5.41, 5.74) is 2.14. The third-order valence-electron chi connectivity index (χ3n) is 3.37. The Kier molecular flexibility index (Phi) is 3.77. The lowest BCUT2D eigenvalue weighted by Gasteiger charge is -1.97. The Morgan fingerprint density at radius 3 is 2.95 bits per heavy atom. The number of methoxy groups -OCH3 is 1. The number of H-pyrrole nitrogens is 1. The molecule has 0 fully saturated rings. The van der Waals surface area contributed by atoms with E-state index in [0.717, 1.165) is 5.56 Å². The van der Waals surface area contributed by atoms with Crippen LogP contribution >= 0.6 is 11.3 Å². The van der Waals surface area contributed by atoms with Crippen LogP contribution in [0.25, 0.3) is 22.0 Å². The number of halogens is 1. The van der Waals surface area contributed by atoms with E-state index in [0.29, 0.717) is 21.3 Å². The van der Waals surface area contributed by atoms with Crippen molar-refractivity contribution in [2.75, 3.05) is 7.11 Å². The van der Waals surface area contributed by atoms with E-state index in [4.69, 9.17) is 0 Å². The lowest BCUT2D eigenvalue weighted by atomic mass is 10.1. The SMILES string of the molecule is COC(=O)CC(=O)c1cc(-c2c[nH]c3cccc(F)c23)cs1. The molecule has 4 nitrogen and oxygen atoms in total. The second-order valence-electron chi connectivity index (χ2n) is 4.74. The first-order valence-corrected chi connectivity index (χ1v) is 7.42. The summed E-state index contributed by atoms with van der Waals surface area (Å²) in [5.74, 6) is -1.19. The number of nitrogens with one attached hydrogen (secondary N) is 1. The summed E-state index contributed by atoms with van der Waals surface area (Å²) in [4.78, 5) is 26.6. The van der Waals surface area contributed by atoms with E-state index in [1.807, 2.05) is 0 Å². The fraction of sp³-hybridized carbons (Fsp3) is 0.125. The lowest BCUT2D eigenvalue weighted by molar-refractivity contribution is -0.139. The molecule has 0 unspecified atom stereocenters. The van der Waals surface area contributed by atoms with Crippen molar-refractivity contribution in [3.63, 3.8) is 0 Å². The van der Waals surface area contributed by atoms with Gasteiger partial charge in [0.05, 0.1) is 12.0 Å². The van der Waals surface area contributed by atoms with Crippen LogP contribution in [0.3, 0.4) is 0 Å². The molecular formula is C16H12FNO3S. The van der Waals surface area contributed by atoms with Gasteiger partial charge in [0.2, 0.25) is 0 Å². The predicted molar refractivity (Wildman–Crippen MR) is 82.5 cm³/mol. The summed E-state index contributed by atoms with van der Waals surface area (Å²) in [6.07, 6.45) is 1.42. The fourth-order valence-electron chi connectivity index (χ4n) is 2.28. The quantitative estimate of drug-likeness (QED) is 0.452. The molecule has 0 saturated carbocycles. The summed E-state index contributed by atoms with van der Waals surface area (Å²) in [6, 6.07) is 6.49. The van der Waals surface area contributed by atoms with Gasteiger partial charge < -0.3 is 9.72 Å². The van der Waals surface area contributed by atoms with Gasteiger partial charge in [0.25, 0.3) is 0 Å². The van der Waals surface area contributed by atoms with Gasteiger partial charge in [0, 0.05) is 22.7 Å². The number of rotatable bonds is 4. The first-order chi connectivity index (χ1) is 10.6. The molecule has 2 heterocycles. The number of aromatic amines is 1. The maximum absolute atomic E-state index is 14.0. The topological polar surface area (TPSA) is 59.2 Å². The molecule has 0 aliphatic carbocycles. The van der Waals surface area contributed by atoms with Crippen LogP contribution in [0.4, 0.5) is 4.39 Å². The molecule has 22 heavy (non-hydrogen) atoms. The average molecular weight is 317 g/mol. The number of thiophene rings is 1. The monoisotopic (exact) mass is 317 g/mol. The number of hydrogen-bond acceptors (Lipinski definition) is 4. The van der Waals surface area contributed by atoms with Crippen molar-refractivity contribution in [3.8, 4) is 11.1 Å². The molecule has 0 saturated heterocycles. The Labute approximate surface area is 129 Å². The molecular weight excluding hydrogens is 305 g/mol. The summed E-state index contributed by atoms with van der Waals surface area (Å²) in [6.45, 7) is 0. The number of fused-ring (bicyclic) bond motifs is 1. The fourth-order valence-corrected chi connectivity index (χ4v) is 3.13. The number of benzene rings is 1. The van der Waals surface area contributed by atoms with Crippen LogP contribution in [0.2, 0.25) is 0 Å².